The number of ether oxygens (including phenoxy) is 1. The second-order valence-corrected chi connectivity index (χ2v) is 11.3. The summed E-state index contributed by atoms with van der Waals surface area (Å²) in [6.07, 6.45) is 5.94. The third-order valence-corrected chi connectivity index (χ3v) is 4.89. The molecule has 2 heteroatoms. The highest BCUT2D eigenvalue weighted by Crippen LogP contribution is 2.43. The van der Waals surface area contributed by atoms with Gasteiger partial charge in [0.1, 0.15) is 13.7 Å². The highest BCUT2D eigenvalue weighted by Gasteiger charge is 2.38. The Kier molecular flexibility index (Phi) is 2.38. The molecular formula is C13H22OSi. The lowest BCUT2D eigenvalue weighted by atomic mass is 9.93. The van der Waals surface area contributed by atoms with Gasteiger partial charge in [0.25, 0.3) is 0 Å². The lowest BCUT2D eigenvalue weighted by molar-refractivity contribution is 0.0375. The van der Waals surface area contributed by atoms with Crippen LogP contribution in [0.1, 0.15) is 33.1 Å². The molecule has 2 rings (SSSR count). The molecule has 0 aromatic carbocycles. The van der Waals surface area contributed by atoms with Crippen LogP contribution in [0, 0.1) is 0 Å². The molecule has 1 aliphatic heterocycles. The average molecular weight is 222 g/mol. The van der Waals surface area contributed by atoms with Gasteiger partial charge in [-0.15, -0.1) is 0 Å². The molecule has 1 aliphatic carbocycles. The topological polar surface area (TPSA) is 9.23 Å². The molecule has 0 saturated carbocycles. The molecule has 0 aromatic heterocycles. The van der Waals surface area contributed by atoms with Gasteiger partial charge in [0.05, 0.1) is 5.38 Å². The van der Waals surface area contributed by atoms with Crippen LogP contribution in [0.4, 0.5) is 0 Å². The number of hydrogen-bond donors (Lipinski definition) is 0. The Morgan fingerprint density at radius 1 is 1.27 bits per heavy atom. The van der Waals surface area contributed by atoms with Crippen molar-refractivity contribution in [3.63, 3.8) is 0 Å². The minimum absolute atomic E-state index is 0.00921. The smallest absolute Gasteiger partial charge is 0.122 e. The van der Waals surface area contributed by atoms with Crippen molar-refractivity contribution in [3.05, 3.63) is 22.6 Å². The first-order valence-electron chi connectivity index (χ1n) is 5.92. The molecule has 0 saturated heterocycles. The van der Waals surface area contributed by atoms with E-state index < -0.39 is 8.07 Å². The average Bonchev–Trinajstić information content (AvgIpc) is 2.46. The molecule has 0 atom stereocenters. The van der Waals surface area contributed by atoms with Gasteiger partial charge in [0.2, 0.25) is 0 Å². The molecule has 0 radical (unpaired) electrons. The van der Waals surface area contributed by atoms with Crippen LogP contribution in [0.25, 0.3) is 0 Å². The van der Waals surface area contributed by atoms with Crippen molar-refractivity contribution in [3.8, 4) is 0 Å². The third kappa shape index (κ3) is 2.05. The monoisotopic (exact) mass is 222 g/mol. The van der Waals surface area contributed by atoms with Crippen LogP contribution < -0.4 is 0 Å². The van der Waals surface area contributed by atoms with Crippen LogP contribution in [0.15, 0.2) is 22.6 Å². The van der Waals surface area contributed by atoms with Crippen LogP contribution in [-0.4, -0.2) is 13.7 Å². The van der Waals surface area contributed by atoms with E-state index in [9.17, 15) is 0 Å². The van der Waals surface area contributed by atoms with Crippen LogP contribution in [0.3, 0.4) is 0 Å². The van der Waals surface area contributed by atoms with E-state index in [0.29, 0.717) is 0 Å². The molecule has 0 fully saturated rings. The molecule has 2 aliphatic rings. The van der Waals surface area contributed by atoms with Crippen molar-refractivity contribution < 1.29 is 4.74 Å². The fourth-order valence-electron chi connectivity index (χ4n) is 2.55. The van der Waals surface area contributed by atoms with Crippen LogP contribution >= 0.6 is 0 Å². The summed E-state index contributed by atoms with van der Waals surface area (Å²) in [5, 5.41) is 1.36. The molecule has 0 spiro atoms. The largest absolute Gasteiger partial charge is 0.497 e. The summed E-state index contributed by atoms with van der Waals surface area (Å²) >= 11 is 0. The summed E-state index contributed by atoms with van der Waals surface area (Å²) in [5.74, 6) is 0. The Morgan fingerprint density at radius 3 is 2.53 bits per heavy atom. The van der Waals surface area contributed by atoms with Crippen molar-refractivity contribution >= 4 is 8.07 Å². The van der Waals surface area contributed by atoms with Gasteiger partial charge in [-0.1, -0.05) is 25.7 Å². The zero-order valence-electron chi connectivity index (χ0n) is 10.6. The Bertz CT molecular complexity index is 342. The minimum Gasteiger partial charge on any atom is -0.497 e. The Balaban J connectivity index is 2.46. The molecular weight excluding hydrogens is 200 g/mol. The molecule has 0 bridgehead atoms. The van der Waals surface area contributed by atoms with Crippen molar-refractivity contribution in [2.24, 2.45) is 0 Å². The SMILES string of the molecule is CC1(C)CC2=CCCC2=C([Si](C)(C)C)O1. The van der Waals surface area contributed by atoms with E-state index in [-0.39, 0.29) is 5.60 Å². The number of allylic oxidation sites excluding steroid dienone is 2. The summed E-state index contributed by atoms with van der Waals surface area (Å²) in [4.78, 5) is 0. The Morgan fingerprint density at radius 2 is 1.93 bits per heavy atom. The quantitative estimate of drug-likeness (QED) is 0.608. The standard InChI is InChI=1S/C13H22OSi/c1-13(2)9-10-7-6-8-11(10)12(14-13)15(3,4)5/h7H,6,8-9H2,1-5H3. The van der Waals surface area contributed by atoms with Crippen LogP contribution in [0.5, 0.6) is 0 Å². The van der Waals surface area contributed by atoms with Gasteiger partial charge in [0, 0.05) is 6.42 Å². The van der Waals surface area contributed by atoms with Crippen LogP contribution in [0.2, 0.25) is 19.6 Å². The zero-order valence-corrected chi connectivity index (χ0v) is 11.6. The van der Waals surface area contributed by atoms with E-state index in [1.54, 1.807) is 11.1 Å². The summed E-state index contributed by atoms with van der Waals surface area (Å²) in [6.45, 7) is 11.6. The van der Waals surface area contributed by atoms with Crippen molar-refractivity contribution in [2.75, 3.05) is 0 Å². The van der Waals surface area contributed by atoms with Crippen molar-refractivity contribution in [1.29, 1.82) is 0 Å². The Labute approximate surface area is 94.2 Å². The van der Waals surface area contributed by atoms with Gasteiger partial charge in [-0.2, -0.15) is 0 Å². The molecule has 0 aromatic rings. The van der Waals surface area contributed by atoms with Gasteiger partial charge in [-0.25, -0.2) is 0 Å². The zero-order chi connectivity index (χ0) is 11.3. The lowest BCUT2D eigenvalue weighted by Gasteiger charge is -2.39. The highest BCUT2D eigenvalue weighted by molar-refractivity contribution is 6.82. The third-order valence-electron chi connectivity index (χ3n) is 3.12. The number of rotatable bonds is 1. The Hall–Kier alpha value is -0.503. The second kappa shape index (κ2) is 3.24. The van der Waals surface area contributed by atoms with Gasteiger partial charge in [-0.3, -0.25) is 0 Å². The molecule has 1 nitrogen and oxygen atoms in total. The maximum Gasteiger partial charge on any atom is 0.122 e. The van der Waals surface area contributed by atoms with Gasteiger partial charge in [0.15, 0.2) is 0 Å². The second-order valence-electron chi connectivity index (χ2n) is 6.36. The summed E-state index contributed by atoms with van der Waals surface area (Å²) in [5.41, 5.74) is 3.13. The normalized spacial score (nSPS) is 24.7. The molecule has 15 heavy (non-hydrogen) atoms. The number of hydrogen-bond acceptors (Lipinski definition) is 1. The first-order chi connectivity index (χ1) is 6.80. The van der Waals surface area contributed by atoms with Gasteiger partial charge < -0.3 is 4.74 Å². The summed E-state index contributed by atoms with van der Waals surface area (Å²) < 4.78 is 6.25. The number of fused-ring (bicyclic) bond motifs is 1. The van der Waals surface area contributed by atoms with Crippen molar-refractivity contribution in [2.45, 2.75) is 58.4 Å². The minimum atomic E-state index is -1.31. The maximum absolute atomic E-state index is 6.25. The van der Waals surface area contributed by atoms with E-state index in [0.717, 1.165) is 6.42 Å². The van der Waals surface area contributed by atoms with E-state index >= 15 is 0 Å². The van der Waals surface area contributed by atoms with Gasteiger partial charge >= 0.3 is 0 Å². The highest BCUT2D eigenvalue weighted by atomic mass is 28.3. The van der Waals surface area contributed by atoms with E-state index in [2.05, 4.69) is 39.6 Å². The van der Waals surface area contributed by atoms with Crippen LogP contribution in [-0.2, 0) is 4.74 Å². The van der Waals surface area contributed by atoms with Gasteiger partial charge in [-0.05, 0) is 37.8 Å². The summed E-state index contributed by atoms with van der Waals surface area (Å²) in [7, 11) is -1.31. The maximum atomic E-state index is 6.25. The molecule has 84 valence electrons. The fraction of sp³-hybridized carbons (Fsp3) is 0.692. The van der Waals surface area contributed by atoms with E-state index in [4.69, 9.17) is 4.74 Å². The molecule has 0 N–H and O–H groups in total. The molecule has 0 unspecified atom stereocenters. The van der Waals surface area contributed by atoms with E-state index in [1.165, 1.54) is 18.2 Å². The predicted octanol–water partition coefficient (Wildman–Crippen LogP) is 4.04. The van der Waals surface area contributed by atoms with E-state index in [1.807, 2.05) is 0 Å². The van der Waals surface area contributed by atoms with Crippen molar-refractivity contribution in [1.82, 2.24) is 0 Å². The summed E-state index contributed by atoms with van der Waals surface area (Å²) in [6, 6.07) is 0. The molecule has 1 heterocycles. The predicted molar refractivity (Wildman–Crippen MR) is 67.5 cm³/mol. The fourth-order valence-corrected chi connectivity index (χ4v) is 4.32. The first kappa shape index (κ1) is 11.0. The lowest BCUT2D eigenvalue weighted by Crippen LogP contribution is -2.38. The molecule has 0 amide bonds. The first-order valence-corrected chi connectivity index (χ1v) is 9.42.